The second-order valence-electron chi connectivity index (χ2n) is 7.38. The summed E-state index contributed by atoms with van der Waals surface area (Å²) in [6, 6.07) is 8.27. The van der Waals surface area contributed by atoms with Gasteiger partial charge >= 0.3 is 0 Å². The fourth-order valence-corrected chi connectivity index (χ4v) is 3.61. The van der Waals surface area contributed by atoms with Crippen LogP contribution >= 0.6 is 0 Å². The monoisotopic (exact) mass is 369 g/mol. The van der Waals surface area contributed by atoms with Crippen molar-refractivity contribution >= 4 is 0 Å². The number of aromatic nitrogens is 2. The maximum Gasteiger partial charge on any atom is 0.257 e. The highest BCUT2D eigenvalue weighted by atomic mass is 16.6. The highest BCUT2D eigenvalue weighted by molar-refractivity contribution is 5.36. The van der Waals surface area contributed by atoms with Crippen LogP contribution in [-0.4, -0.2) is 47.8 Å². The molecule has 1 saturated heterocycles. The smallest absolute Gasteiger partial charge is 0.257 e. The quantitative estimate of drug-likeness (QED) is 0.805. The summed E-state index contributed by atoms with van der Waals surface area (Å²) >= 11 is 0. The van der Waals surface area contributed by atoms with Crippen molar-refractivity contribution in [2.75, 3.05) is 32.9 Å². The fourth-order valence-electron chi connectivity index (χ4n) is 3.61. The summed E-state index contributed by atoms with van der Waals surface area (Å²) in [4.78, 5) is 11.5. The van der Waals surface area contributed by atoms with Crippen LogP contribution in [0.4, 0.5) is 0 Å². The zero-order valence-corrected chi connectivity index (χ0v) is 16.1. The molecule has 2 aromatic rings. The van der Waals surface area contributed by atoms with Crippen molar-refractivity contribution in [2.24, 2.45) is 5.92 Å². The Morgan fingerprint density at radius 1 is 1.15 bits per heavy atom. The Balaban J connectivity index is 1.29. The Labute approximate surface area is 160 Å². The molecule has 27 heavy (non-hydrogen) atoms. The number of aryl methyl sites for hydroxylation is 1. The molecule has 0 N–H and O–H groups in total. The zero-order valence-electron chi connectivity index (χ0n) is 16.1. The van der Waals surface area contributed by atoms with Crippen LogP contribution in [0.5, 0.6) is 17.5 Å². The van der Waals surface area contributed by atoms with Crippen molar-refractivity contribution in [3.8, 4) is 17.5 Å². The standard InChI is InChI=1S/C21H27N3O3/c1-15-3-6-20(22-13-15)27-14-17-7-9-24(10-8-17)16(2)18-4-5-19-21(23-18)26-12-11-25-19/h3-6,13,16-17H,7-12,14H2,1-2H3. The van der Waals surface area contributed by atoms with Crippen molar-refractivity contribution < 1.29 is 14.2 Å². The van der Waals surface area contributed by atoms with Gasteiger partial charge in [0.15, 0.2) is 5.75 Å². The number of hydrogen-bond acceptors (Lipinski definition) is 6. The molecule has 1 atom stereocenters. The van der Waals surface area contributed by atoms with Crippen LogP contribution in [0.15, 0.2) is 30.5 Å². The molecule has 1 fully saturated rings. The van der Waals surface area contributed by atoms with E-state index >= 15 is 0 Å². The number of ether oxygens (including phenoxy) is 3. The molecule has 4 heterocycles. The first-order valence-corrected chi connectivity index (χ1v) is 9.75. The Bertz CT molecular complexity index is 758. The van der Waals surface area contributed by atoms with Gasteiger partial charge in [0.05, 0.1) is 12.3 Å². The average Bonchev–Trinajstić information content (AvgIpc) is 2.73. The molecule has 0 radical (unpaired) electrons. The Morgan fingerprint density at radius 3 is 2.74 bits per heavy atom. The minimum absolute atomic E-state index is 0.265. The molecule has 2 aromatic heterocycles. The maximum atomic E-state index is 5.87. The van der Waals surface area contributed by atoms with Gasteiger partial charge in [-0.1, -0.05) is 6.07 Å². The number of hydrogen-bond donors (Lipinski definition) is 0. The molecule has 2 aliphatic rings. The molecule has 144 valence electrons. The summed E-state index contributed by atoms with van der Waals surface area (Å²) in [7, 11) is 0. The second-order valence-corrected chi connectivity index (χ2v) is 7.38. The third-order valence-electron chi connectivity index (χ3n) is 5.40. The lowest BCUT2D eigenvalue weighted by Crippen LogP contribution is -2.37. The van der Waals surface area contributed by atoms with Gasteiger partial charge in [-0.15, -0.1) is 0 Å². The van der Waals surface area contributed by atoms with Crippen LogP contribution in [0.1, 0.15) is 37.1 Å². The molecule has 0 spiro atoms. The summed E-state index contributed by atoms with van der Waals surface area (Å²) in [5.74, 6) is 2.67. The molecule has 6 heteroatoms. The lowest BCUT2D eigenvalue weighted by molar-refractivity contribution is 0.109. The number of likely N-dealkylation sites (tertiary alicyclic amines) is 1. The van der Waals surface area contributed by atoms with E-state index in [1.165, 1.54) is 0 Å². The number of fused-ring (bicyclic) bond motifs is 1. The average molecular weight is 369 g/mol. The number of nitrogens with zero attached hydrogens (tertiary/aromatic N) is 3. The van der Waals surface area contributed by atoms with Gasteiger partial charge in [0.1, 0.15) is 13.2 Å². The van der Waals surface area contributed by atoms with E-state index in [-0.39, 0.29) is 6.04 Å². The highest BCUT2D eigenvalue weighted by Gasteiger charge is 2.26. The Hall–Kier alpha value is -2.34. The van der Waals surface area contributed by atoms with Crippen molar-refractivity contribution in [1.29, 1.82) is 0 Å². The number of rotatable bonds is 5. The molecular weight excluding hydrogens is 342 g/mol. The van der Waals surface area contributed by atoms with Gasteiger partial charge in [0.25, 0.3) is 5.88 Å². The Kier molecular flexibility index (Phi) is 5.43. The third-order valence-corrected chi connectivity index (χ3v) is 5.40. The summed E-state index contributed by atoms with van der Waals surface area (Å²) in [5, 5.41) is 0. The van der Waals surface area contributed by atoms with E-state index in [4.69, 9.17) is 14.2 Å². The van der Waals surface area contributed by atoms with E-state index in [0.29, 0.717) is 25.0 Å². The first-order chi connectivity index (χ1) is 13.2. The second kappa shape index (κ2) is 8.13. The van der Waals surface area contributed by atoms with Crippen LogP contribution in [0, 0.1) is 12.8 Å². The van der Waals surface area contributed by atoms with Gasteiger partial charge in [0, 0.05) is 18.3 Å². The zero-order chi connectivity index (χ0) is 18.6. The SMILES string of the molecule is Cc1ccc(OCC2CCN(C(C)c3ccc4c(n3)OCCO4)CC2)nc1. The first-order valence-electron chi connectivity index (χ1n) is 9.75. The first kappa shape index (κ1) is 18.0. The van der Waals surface area contributed by atoms with Crippen molar-refractivity contribution in [3.63, 3.8) is 0 Å². The third kappa shape index (κ3) is 4.33. The normalized spacial score (nSPS) is 18.9. The van der Waals surface area contributed by atoms with E-state index in [0.717, 1.165) is 55.4 Å². The number of piperidine rings is 1. The van der Waals surface area contributed by atoms with Crippen LogP contribution in [0.3, 0.4) is 0 Å². The fraction of sp³-hybridized carbons (Fsp3) is 0.524. The largest absolute Gasteiger partial charge is 0.484 e. The molecule has 1 unspecified atom stereocenters. The van der Waals surface area contributed by atoms with Crippen molar-refractivity contribution in [1.82, 2.24) is 14.9 Å². The van der Waals surface area contributed by atoms with Crippen LogP contribution in [-0.2, 0) is 0 Å². The molecule has 0 aromatic carbocycles. The topological polar surface area (TPSA) is 56.7 Å². The molecule has 4 rings (SSSR count). The molecule has 0 bridgehead atoms. The lowest BCUT2D eigenvalue weighted by atomic mass is 9.96. The van der Waals surface area contributed by atoms with Gasteiger partial charge in [-0.25, -0.2) is 9.97 Å². The van der Waals surface area contributed by atoms with E-state index in [2.05, 4.69) is 27.9 Å². The van der Waals surface area contributed by atoms with Gasteiger partial charge in [-0.2, -0.15) is 0 Å². The van der Waals surface area contributed by atoms with Gasteiger partial charge in [-0.3, -0.25) is 4.90 Å². The minimum Gasteiger partial charge on any atom is -0.484 e. The van der Waals surface area contributed by atoms with Crippen molar-refractivity contribution in [3.05, 3.63) is 41.7 Å². The summed E-state index contributed by atoms with van der Waals surface area (Å²) in [6.07, 6.45) is 4.10. The Morgan fingerprint density at radius 2 is 1.96 bits per heavy atom. The minimum atomic E-state index is 0.265. The maximum absolute atomic E-state index is 5.87. The molecule has 0 aliphatic carbocycles. The lowest BCUT2D eigenvalue weighted by Gasteiger charge is -2.35. The van der Waals surface area contributed by atoms with Gasteiger partial charge in [0.2, 0.25) is 5.88 Å². The van der Waals surface area contributed by atoms with E-state index in [1.54, 1.807) is 0 Å². The van der Waals surface area contributed by atoms with E-state index in [9.17, 15) is 0 Å². The number of pyridine rings is 2. The van der Waals surface area contributed by atoms with Gasteiger partial charge in [-0.05, 0) is 63.4 Å². The summed E-state index contributed by atoms with van der Waals surface area (Å²) in [6.45, 7) is 8.24. The van der Waals surface area contributed by atoms with Crippen LogP contribution in [0.25, 0.3) is 0 Å². The van der Waals surface area contributed by atoms with Crippen molar-refractivity contribution in [2.45, 2.75) is 32.7 Å². The summed E-state index contributed by atoms with van der Waals surface area (Å²) < 4.78 is 17.1. The molecule has 0 amide bonds. The predicted octanol–water partition coefficient (Wildman–Crippen LogP) is 3.41. The van der Waals surface area contributed by atoms with Crippen LogP contribution in [0.2, 0.25) is 0 Å². The predicted molar refractivity (Wildman–Crippen MR) is 102 cm³/mol. The van der Waals surface area contributed by atoms with Crippen LogP contribution < -0.4 is 14.2 Å². The van der Waals surface area contributed by atoms with E-state index < -0.39 is 0 Å². The molecular formula is C21H27N3O3. The van der Waals surface area contributed by atoms with E-state index in [1.807, 2.05) is 31.3 Å². The molecule has 0 saturated carbocycles. The van der Waals surface area contributed by atoms with Gasteiger partial charge < -0.3 is 14.2 Å². The summed E-state index contributed by atoms with van der Waals surface area (Å²) in [5.41, 5.74) is 2.19. The molecule has 2 aliphatic heterocycles. The molecule has 6 nitrogen and oxygen atoms in total. The highest BCUT2D eigenvalue weighted by Crippen LogP contribution is 2.32.